The molecule has 1 fully saturated rings. The van der Waals surface area contributed by atoms with Crippen molar-refractivity contribution in [1.29, 1.82) is 0 Å². The molecule has 1 unspecified atom stereocenters. The molecule has 2 aliphatic rings. The van der Waals surface area contributed by atoms with Gasteiger partial charge in [0.25, 0.3) is 0 Å². The first-order valence-corrected chi connectivity index (χ1v) is 10.4. The lowest BCUT2D eigenvalue weighted by Crippen LogP contribution is -2.56. The molecule has 1 aromatic carbocycles. The average molecular weight is 400 g/mol. The number of benzene rings is 1. The van der Waals surface area contributed by atoms with E-state index in [-0.39, 0.29) is 18.0 Å². The van der Waals surface area contributed by atoms with Gasteiger partial charge in [-0.3, -0.25) is 9.69 Å². The highest BCUT2D eigenvalue weighted by atomic mass is 16.6. The predicted octanol–water partition coefficient (Wildman–Crippen LogP) is 3.55. The highest BCUT2D eigenvalue weighted by molar-refractivity contribution is 5.97. The van der Waals surface area contributed by atoms with E-state index in [0.717, 1.165) is 29.8 Å². The zero-order valence-electron chi connectivity index (χ0n) is 18.3. The molecule has 29 heavy (non-hydrogen) atoms. The zero-order valence-corrected chi connectivity index (χ0v) is 18.3. The molecule has 6 nitrogen and oxygen atoms in total. The number of piperazine rings is 1. The Labute approximate surface area is 174 Å². The van der Waals surface area contributed by atoms with Crippen LogP contribution in [-0.2, 0) is 16.0 Å². The number of anilines is 1. The molecule has 0 N–H and O–H groups in total. The topological polar surface area (TPSA) is 53.1 Å². The Kier molecular flexibility index (Phi) is 6.03. The summed E-state index contributed by atoms with van der Waals surface area (Å²) in [4.78, 5) is 31.2. The Morgan fingerprint density at radius 3 is 2.55 bits per heavy atom. The van der Waals surface area contributed by atoms with E-state index in [9.17, 15) is 9.59 Å². The summed E-state index contributed by atoms with van der Waals surface area (Å²) in [6, 6.07) is 6.26. The van der Waals surface area contributed by atoms with Crippen molar-refractivity contribution in [1.82, 2.24) is 9.80 Å². The molecule has 3 rings (SSSR count). The highest BCUT2D eigenvalue weighted by Crippen LogP contribution is 2.31. The summed E-state index contributed by atoms with van der Waals surface area (Å²) in [6.07, 6.45) is 0.608. The lowest BCUT2D eigenvalue weighted by Gasteiger charge is -2.40. The minimum atomic E-state index is -0.504. The van der Waals surface area contributed by atoms with Gasteiger partial charge in [0.1, 0.15) is 5.60 Å². The minimum absolute atomic E-state index is 0.00674. The molecule has 1 aromatic rings. The molecule has 0 aliphatic carbocycles. The fraction of sp³-hybridized carbons (Fsp3) is 0.565. The summed E-state index contributed by atoms with van der Waals surface area (Å²) in [5.74, 6) is 0.112. The van der Waals surface area contributed by atoms with E-state index < -0.39 is 5.60 Å². The van der Waals surface area contributed by atoms with Crippen molar-refractivity contribution >= 4 is 23.3 Å². The molecule has 158 valence electrons. The molecule has 0 radical (unpaired) electrons. The van der Waals surface area contributed by atoms with Crippen LogP contribution in [0.2, 0.25) is 0 Å². The monoisotopic (exact) mass is 399 g/mol. The van der Waals surface area contributed by atoms with Crippen molar-refractivity contribution in [2.24, 2.45) is 0 Å². The number of nitrogens with zero attached hydrogens (tertiary/aromatic N) is 3. The third kappa shape index (κ3) is 4.99. The molecule has 0 aromatic heterocycles. The number of carbonyl (C=O) groups is 2. The Hall–Kier alpha value is -2.34. The first-order valence-electron chi connectivity index (χ1n) is 10.4. The van der Waals surface area contributed by atoms with Gasteiger partial charge in [-0.15, -0.1) is 0 Å². The molecule has 1 saturated heterocycles. The van der Waals surface area contributed by atoms with E-state index in [1.165, 1.54) is 5.56 Å². The van der Waals surface area contributed by atoms with Gasteiger partial charge in [-0.25, -0.2) is 4.79 Å². The Morgan fingerprint density at radius 1 is 1.21 bits per heavy atom. The van der Waals surface area contributed by atoms with Gasteiger partial charge in [-0.1, -0.05) is 24.3 Å². The molecule has 0 saturated carbocycles. The van der Waals surface area contributed by atoms with Crippen LogP contribution in [0, 0.1) is 0 Å². The quantitative estimate of drug-likeness (QED) is 0.780. The molecule has 6 heteroatoms. The van der Waals surface area contributed by atoms with Crippen molar-refractivity contribution in [3.8, 4) is 0 Å². The van der Waals surface area contributed by atoms with Crippen LogP contribution in [0.25, 0.3) is 5.57 Å². The maximum Gasteiger partial charge on any atom is 0.410 e. The Balaban J connectivity index is 1.60. The van der Waals surface area contributed by atoms with Crippen molar-refractivity contribution in [3.05, 3.63) is 35.9 Å². The molecule has 2 aliphatic heterocycles. The van der Waals surface area contributed by atoms with Gasteiger partial charge in [-0.05, 0) is 58.2 Å². The molecule has 0 spiro atoms. The highest BCUT2D eigenvalue weighted by Gasteiger charge is 2.33. The van der Waals surface area contributed by atoms with E-state index in [0.29, 0.717) is 26.2 Å². The first kappa shape index (κ1) is 21.4. The van der Waals surface area contributed by atoms with Crippen molar-refractivity contribution in [2.45, 2.75) is 52.7 Å². The first-order chi connectivity index (χ1) is 13.5. The number of fused-ring (bicyclic) bond motifs is 1. The third-order valence-corrected chi connectivity index (χ3v) is 5.47. The van der Waals surface area contributed by atoms with Crippen LogP contribution >= 0.6 is 0 Å². The molecule has 2 heterocycles. The largest absolute Gasteiger partial charge is 0.444 e. The number of rotatable bonds is 3. The fourth-order valence-electron chi connectivity index (χ4n) is 3.95. The number of hydrogen-bond acceptors (Lipinski definition) is 4. The second kappa shape index (κ2) is 8.19. The summed E-state index contributed by atoms with van der Waals surface area (Å²) in [6.45, 7) is 16.6. The normalized spacial score (nSPS) is 19.8. The van der Waals surface area contributed by atoms with Gasteiger partial charge in [0, 0.05) is 37.9 Å². The summed E-state index contributed by atoms with van der Waals surface area (Å²) in [5.41, 5.74) is 3.79. The van der Waals surface area contributed by atoms with Crippen molar-refractivity contribution < 1.29 is 14.3 Å². The van der Waals surface area contributed by atoms with Crippen molar-refractivity contribution in [3.63, 3.8) is 0 Å². The lowest BCUT2D eigenvalue weighted by atomic mass is 10.0. The maximum atomic E-state index is 13.0. The average Bonchev–Trinajstić information content (AvgIpc) is 3.03. The standard InChI is InChI=1S/C23H33N3O3/c1-16(2)19-8-7-18-9-10-26(20(18)13-19)21(27)15-24-11-12-25(17(3)14-24)22(28)29-23(4,5)6/h7-8,13,17H,1,9-12,14-15H2,2-6H3. The second-order valence-electron chi connectivity index (χ2n) is 9.18. The van der Waals surface area contributed by atoms with E-state index in [4.69, 9.17) is 4.74 Å². The third-order valence-electron chi connectivity index (χ3n) is 5.47. The Bertz CT molecular complexity index is 812. The van der Waals surface area contributed by atoms with E-state index in [1.54, 1.807) is 4.90 Å². The summed E-state index contributed by atoms with van der Waals surface area (Å²) >= 11 is 0. The summed E-state index contributed by atoms with van der Waals surface area (Å²) < 4.78 is 5.50. The smallest absolute Gasteiger partial charge is 0.410 e. The summed E-state index contributed by atoms with van der Waals surface area (Å²) in [5, 5.41) is 0. The van der Waals surface area contributed by atoms with Gasteiger partial charge in [-0.2, -0.15) is 0 Å². The van der Waals surface area contributed by atoms with E-state index in [1.807, 2.05) is 39.5 Å². The number of hydrogen-bond donors (Lipinski definition) is 0. The lowest BCUT2D eigenvalue weighted by molar-refractivity contribution is -0.120. The van der Waals surface area contributed by atoms with Gasteiger partial charge in [0.2, 0.25) is 5.91 Å². The SMILES string of the molecule is C=C(C)c1ccc2c(c1)N(C(=O)CN1CCN(C(=O)OC(C)(C)C)C(C)C1)CC2. The number of carbonyl (C=O) groups excluding carboxylic acids is 2. The predicted molar refractivity (Wildman–Crippen MR) is 116 cm³/mol. The van der Waals surface area contributed by atoms with Crippen LogP contribution < -0.4 is 4.90 Å². The fourth-order valence-corrected chi connectivity index (χ4v) is 3.95. The number of amides is 2. The van der Waals surface area contributed by atoms with Crippen LogP contribution in [0.5, 0.6) is 0 Å². The molecular weight excluding hydrogens is 366 g/mol. The second-order valence-corrected chi connectivity index (χ2v) is 9.18. The van der Waals surface area contributed by atoms with Gasteiger partial charge in [0.05, 0.1) is 6.54 Å². The van der Waals surface area contributed by atoms with Crippen LogP contribution in [0.3, 0.4) is 0 Å². The van der Waals surface area contributed by atoms with E-state index >= 15 is 0 Å². The molecule has 1 atom stereocenters. The number of allylic oxidation sites excluding steroid dienone is 1. The molecule has 0 bridgehead atoms. The Morgan fingerprint density at radius 2 is 1.93 bits per heavy atom. The van der Waals surface area contributed by atoms with Crippen LogP contribution in [0.1, 0.15) is 45.7 Å². The molecular formula is C23H33N3O3. The van der Waals surface area contributed by atoms with Crippen LogP contribution in [0.4, 0.5) is 10.5 Å². The van der Waals surface area contributed by atoms with Gasteiger partial charge in [0.15, 0.2) is 0 Å². The summed E-state index contributed by atoms with van der Waals surface area (Å²) in [7, 11) is 0. The molecule has 2 amide bonds. The van der Waals surface area contributed by atoms with E-state index in [2.05, 4.69) is 29.7 Å². The maximum absolute atomic E-state index is 13.0. The minimum Gasteiger partial charge on any atom is -0.444 e. The zero-order chi connectivity index (χ0) is 21.3. The van der Waals surface area contributed by atoms with Crippen LogP contribution in [0.15, 0.2) is 24.8 Å². The van der Waals surface area contributed by atoms with Gasteiger partial charge >= 0.3 is 6.09 Å². The van der Waals surface area contributed by atoms with Gasteiger partial charge < -0.3 is 14.5 Å². The number of ether oxygens (including phenoxy) is 1. The van der Waals surface area contributed by atoms with Crippen LogP contribution in [-0.4, -0.2) is 66.2 Å². The van der Waals surface area contributed by atoms with Crippen molar-refractivity contribution in [2.75, 3.05) is 37.6 Å².